The number of H-pyrrole nitrogens is 2. The van der Waals surface area contributed by atoms with Crippen molar-refractivity contribution in [3.05, 3.63) is 63.0 Å². The molecule has 0 spiro atoms. The van der Waals surface area contributed by atoms with Crippen molar-refractivity contribution in [2.24, 2.45) is 0 Å². The molecule has 0 fully saturated rings. The van der Waals surface area contributed by atoms with Gasteiger partial charge in [0.2, 0.25) is 0 Å². The molecule has 0 aliphatic rings. The predicted molar refractivity (Wildman–Crippen MR) is 96.5 cm³/mol. The van der Waals surface area contributed by atoms with E-state index in [1.54, 1.807) is 45.0 Å². The molecule has 7 nitrogen and oxygen atoms in total. The number of fused-ring (bicyclic) bond motifs is 1. The fourth-order valence-corrected chi connectivity index (χ4v) is 3.05. The zero-order valence-electron chi connectivity index (χ0n) is 15.0. The van der Waals surface area contributed by atoms with Gasteiger partial charge >= 0.3 is 5.97 Å². The van der Waals surface area contributed by atoms with Gasteiger partial charge in [-0.25, -0.2) is 9.78 Å². The Morgan fingerprint density at radius 2 is 1.85 bits per heavy atom. The van der Waals surface area contributed by atoms with Gasteiger partial charge in [-0.1, -0.05) is 12.1 Å². The van der Waals surface area contributed by atoms with Crippen molar-refractivity contribution in [2.45, 2.75) is 33.8 Å². The highest BCUT2D eigenvalue weighted by Gasteiger charge is 2.23. The molecule has 3 aromatic rings. The van der Waals surface area contributed by atoms with E-state index in [4.69, 9.17) is 4.74 Å². The van der Waals surface area contributed by atoms with Crippen LogP contribution < -0.4 is 5.56 Å². The normalized spacial score (nSPS) is 12.2. The van der Waals surface area contributed by atoms with Crippen molar-refractivity contribution >= 4 is 22.7 Å². The third kappa shape index (κ3) is 3.03. The van der Waals surface area contributed by atoms with Crippen LogP contribution in [0.1, 0.15) is 57.9 Å². The molecule has 134 valence electrons. The van der Waals surface area contributed by atoms with Gasteiger partial charge in [-0.3, -0.25) is 9.59 Å². The smallest absolute Gasteiger partial charge is 0.355 e. The van der Waals surface area contributed by atoms with Gasteiger partial charge in [-0.15, -0.1) is 0 Å². The average molecular weight is 353 g/mol. The van der Waals surface area contributed by atoms with Gasteiger partial charge in [0.1, 0.15) is 5.69 Å². The Balaban J connectivity index is 1.90. The van der Waals surface area contributed by atoms with Crippen molar-refractivity contribution < 1.29 is 14.3 Å². The van der Waals surface area contributed by atoms with Gasteiger partial charge in [0.25, 0.3) is 5.56 Å². The van der Waals surface area contributed by atoms with Crippen LogP contribution in [0.2, 0.25) is 0 Å². The number of aromatic nitrogens is 3. The maximum absolute atomic E-state index is 12.5. The number of ether oxygens (including phenoxy) is 1. The van der Waals surface area contributed by atoms with Crippen LogP contribution in [-0.2, 0) is 4.74 Å². The van der Waals surface area contributed by atoms with Crippen LogP contribution in [0, 0.1) is 13.8 Å². The molecule has 0 saturated carbocycles. The summed E-state index contributed by atoms with van der Waals surface area (Å²) in [5.74, 6) is -0.472. The minimum absolute atomic E-state index is 0.121. The van der Waals surface area contributed by atoms with Gasteiger partial charge in [-0.2, -0.15) is 0 Å². The summed E-state index contributed by atoms with van der Waals surface area (Å²) < 4.78 is 5.44. The molecule has 2 N–H and O–H groups in total. The number of benzene rings is 1. The maximum Gasteiger partial charge on any atom is 0.355 e. The minimum atomic E-state index is -0.761. The first-order chi connectivity index (χ1) is 12.3. The molecular formula is C19H19N3O4. The molecule has 2 aromatic heterocycles. The molecule has 0 aliphatic carbocycles. The molecule has 0 radical (unpaired) electrons. The van der Waals surface area contributed by atoms with E-state index in [1.807, 2.05) is 0 Å². The standard InChI is InChI=1S/C19H19N3O4/c1-9-15(11(3)23)10(2)20-16(9)19(25)26-12(4)17-21-14-8-6-5-7-13(14)18(24)22-17/h5-8,12,20H,1-4H3,(H,21,22,24)/t12-/m1/s1. The number of rotatable bonds is 4. The number of aromatic amines is 2. The number of aryl methyl sites for hydroxylation is 1. The molecule has 1 atom stereocenters. The molecular weight excluding hydrogens is 334 g/mol. The summed E-state index contributed by atoms with van der Waals surface area (Å²) >= 11 is 0. The van der Waals surface area contributed by atoms with Gasteiger partial charge in [0.05, 0.1) is 10.9 Å². The number of esters is 1. The molecule has 26 heavy (non-hydrogen) atoms. The quantitative estimate of drug-likeness (QED) is 0.554. The number of Topliss-reactive ketones (excluding diaryl/α,β-unsaturated/α-hetero) is 1. The SMILES string of the molecule is CC(=O)c1c(C)[nH]c(C(=O)O[C@H](C)c2nc3ccccc3c(=O)[nH]2)c1C. The van der Waals surface area contributed by atoms with Crippen molar-refractivity contribution in [3.63, 3.8) is 0 Å². The Labute approximate surface area is 149 Å². The lowest BCUT2D eigenvalue weighted by atomic mass is 10.1. The van der Waals surface area contributed by atoms with Crippen LogP contribution in [0.5, 0.6) is 0 Å². The lowest BCUT2D eigenvalue weighted by molar-refractivity contribution is 0.0312. The number of nitrogens with zero attached hydrogens (tertiary/aromatic N) is 1. The van der Waals surface area contributed by atoms with Crippen LogP contribution in [0.3, 0.4) is 0 Å². The third-order valence-corrected chi connectivity index (χ3v) is 4.29. The predicted octanol–water partition coefficient (Wildman–Crippen LogP) is 2.99. The molecule has 3 rings (SSSR count). The van der Waals surface area contributed by atoms with E-state index in [0.29, 0.717) is 27.7 Å². The van der Waals surface area contributed by atoms with Crippen molar-refractivity contribution in [3.8, 4) is 0 Å². The highest BCUT2D eigenvalue weighted by atomic mass is 16.5. The lowest BCUT2D eigenvalue weighted by Gasteiger charge is -2.13. The highest BCUT2D eigenvalue weighted by molar-refractivity contribution is 6.01. The van der Waals surface area contributed by atoms with E-state index in [-0.39, 0.29) is 22.9 Å². The van der Waals surface area contributed by atoms with Crippen LogP contribution in [0.15, 0.2) is 29.1 Å². The summed E-state index contributed by atoms with van der Waals surface area (Å²) in [6.45, 7) is 6.50. The number of carbonyl (C=O) groups excluding carboxylic acids is 2. The highest BCUT2D eigenvalue weighted by Crippen LogP contribution is 2.22. The van der Waals surface area contributed by atoms with Gasteiger partial charge < -0.3 is 14.7 Å². The summed E-state index contributed by atoms with van der Waals surface area (Å²) in [4.78, 5) is 46.3. The number of para-hydroxylation sites is 1. The van der Waals surface area contributed by atoms with Crippen LogP contribution >= 0.6 is 0 Å². The first-order valence-corrected chi connectivity index (χ1v) is 8.19. The monoisotopic (exact) mass is 353 g/mol. The fourth-order valence-electron chi connectivity index (χ4n) is 3.05. The van der Waals surface area contributed by atoms with Crippen molar-refractivity contribution in [1.82, 2.24) is 15.0 Å². The molecule has 1 aromatic carbocycles. The first-order valence-electron chi connectivity index (χ1n) is 8.19. The molecule has 0 aliphatic heterocycles. The van der Waals surface area contributed by atoms with E-state index in [2.05, 4.69) is 15.0 Å². The molecule has 0 saturated heterocycles. The second kappa shape index (κ2) is 6.59. The van der Waals surface area contributed by atoms with E-state index in [0.717, 1.165) is 0 Å². The van der Waals surface area contributed by atoms with Crippen LogP contribution in [0.25, 0.3) is 10.9 Å². The number of nitrogens with one attached hydrogen (secondary N) is 2. The third-order valence-electron chi connectivity index (χ3n) is 4.29. The lowest BCUT2D eigenvalue weighted by Crippen LogP contribution is -2.18. The Morgan fingerprint density at radius 3 is 2.50 bits per heavy atom. The van der Waals surface area contributed by atoms with Crippen LogP contribution in [0.4, 0.5) is 0 Å². The van der Waals surface area contributed by atoms with Gasteiger partial charge in [0, 0.05) is 11.3 Å². The Hall–Kier alpha value is -3.22. The van der Waals surface area contributed by atoms with E-state index < -0.39 is 12.1 Å². The number of carbonyl (C=O) groups is 2. The second-order valence-corrected chi connectivity index (χ2v) is 6.20. The summed E-state index contributed by atoms with van der Waals surface area (Å²) in [7, 11) is 0. The zero-order valence-corrected chi connectivity index (χ0v) is 15.0. The summed E-state index contributed by atoms with van der Waals surface area (Å²) in [6, 6.07) is 6.94. The van der Waals surface area contributed by atoms with E-state index in [1.165, 1.54) is 6.92 Å². The fraction of sp³-hybridized carbons (Fsp3) is 0.263. The average Bonchev–Trinajstić information content (AvgIpc) is 2.89. The van der Waals surface area contributed by atoms with Crippen molar-refractivity contribution in [2.75, 3.05) is 0 Å². The van der Waals surface area contributed by atoms with Gasteiger partial charge in [-0.05, 0) is 45.4 Å². The topological polar surface area (TPSA) is 105 Å². The minimum Gasteiger partial charge on any atom is -0.450 e. The Kier molecular flexibility index (Phi) is 4.46. The summed E-state index contributed by atoms with van der Waals surface area (Å²) in [5, 5.41) is 0.469. The van der Waals surface area contributed by atoms with Crippen LogP contribution in [-0.4, -0.2) is 26.7 Å². The van der Waals surface area contributed by atoms with E-state index in [9.17, 15) is 14.4 Å². The molecule has 0 bridgehead atoms. The number of hydrogen-bond acceptors (Lipinski definition) is 5. The second-order valence-electron chi connectivity index (χ2n) is 6.20. The largest absolute Gasteiger partial charge is 0.450 e. The molecule has 0 amide bonds. The maximum atomic E-state index is 12.5. The molecule has 7 heteroatoms. The van der Waals surface area contributed by atoms with Crippen molar-refractivity contribution in [1.29, 1.82) is 0 Å². The summed E-state index contributed by atoms with van der Waals surface area (Å²) in [6.07, 6.45) is -0.761. The number of ketones is 1. The molecule has 0 unspecified atom stereocenters. The Bertz CT molecular complexity index is 1080. The van der Waals surface area contributed by atoms with Gasteiger partial charge in [0.15, 0.2) is 17.7 Å². The zero-order chi connectivity index (χ0) is 19.0. The number of hydrogen-bond donors (Lipinski definition) is 2. The molecule has 2 heterocycles. The Morgan fingerprint density at radius 1 is 1.15 bits per heavy atom. The summed E-state index contributed by atoms with van der Waals surface area (Å²) in [5.41, 5.74) is 2.11. The first kappa shape index (κ1) is 17.6. The van der Waals surface area contributed by atoms with E-state index >= 15 is 0 Å².